The summed E-state index contributed by atoms with van der Waals surface area (Å²) in [4.78, 5) is 0. The molecule has 1 saturated carbocycles. The maximum atomic E-state index is 5.09. The van der Waals surface area contributed by atoms with Crippen molar-refractivity contribution in [3.8, 4) is 0 Å². The molecule has 0 aromatic heterocycles. The molecule has 0 aromatic carbocycles. The Morgan fingerprint density at radius 2 is 2.00 bits per heavy atom. The lowest BCUT2D eigenvalue weighted by molar-refractivity contribution is 0.194. The van der Waals surface area contributed by atoms with E-state index in [1.807, 2.05) is 0 Å². The SMILES string of the molecule is CCCCCC(CNCCOC)C1CCCC1. The minimum absolute atomic E-state index is 0.840. The molecule has 1 aliphatic carbocycles. The van der Waals surface area contributed by atoms with Crippen molar-refractivity contribution in [3.63, 3.8) is 0 Å². The van der Waals surface area contributed by atoms with Crippen molar-refractivity contribution in [2.24, 2.45) is 11.8 Å². The third kappa shape index (κ3) is 6.42. The van der Waals surface area contributed by atoms with E-state index in [1.54, 1.807) is 7.11 Å². The summed E-state index contributed by atoms with van der Waals surface area (Å²) in [5, 5.41) is 3.57. The van der Waals surface area contributed by atoms with Gasteiger partial charge in [-0.25, -0.2) is 0 Å². The molecule has 2 heteroatoms. The van der Waals surface area contributed by atoms with Crippen LogP contribution in [0.4, 0.5) is 0 Å². The first-order chi connectivity index (χ1) is 8.38. The van der Waals surface area contributed by atoms with E-state index in [-0.39, 0.29) is 0 Å². The summed E-state index contributed by atoms with van der Waals surface area (Å²) in [6.07, 6.45) is 11.5. The lowest BCUT2D eigenvalue weighted by atomic mass is 9.86. The van der Waals surface area contributed by atoms with Crippen LogP contribution in [-0.2, 0) is 4.74 Å². The molecule has 1 rings (SSSR count). The first kappa shape index (κ1) is 15.0. The van der Waals surface area contributed by atoms with Crippen LogP contribution < -0.4 is 5.32 Å². The molecule has 17 heavy (non-hydrogen) atoms. The molecule has 2 nitrogen and oxygen atoms in total. The molecular weight excluding hydrogens is 210 g/mol. The van der Waals surface area contributed by atoms with Gasteiger partial charge in [0, 0.05) is 13.7 Å². The molecule has 102 valence electrons. The highest BCUT2D eigenvalue weighted by Gasteiger charge is 2.24. The average molecular weight is 241 g/mol. The third-order valence-corrected chi connectivity index (χ3v) is 4.13. The van der Waals surface area contributed by atoms with Gasteiger partial charge in [0.2, 0.25) is 0 Å². The molecule has 0 bridgehead atoms. The lowest BCUT2D eigenvalue weighted by Crippen LogP contribution is -2.29. The zero-order valence-corrected chi connectivity index (χ0v) is 11.8. The molecule has 0 saturated heterocycles. The molecule has 1 fully saturated rings. The van der Waals surface area contributed by atoms with Crippen molar-refractivity contribution in [1.82, 2.24) is 5.32 Å². The molecule has 1 aliphatic rings. The quantitative estimate of drug-likeness (QED) is 0.590. The maximum Gasteiger partial charge on any atom is 0.0587 e. The largest absolute Gasteiger partial charge is 0.383 e. The van der Waals surface area contributed by atoms with Gasteiger partial charge in [-0.1, -0.05) is 51.9 Å². The number of rotatable bonds is 10. The van der Waals surface area contributed by atoms with Crippen molar-refractivity contribution in [2.75, 3.05) is 26.8 Å². The van der Waals surface area contributed by atoms with Crippen molar-refractivity contribution in [3.05, 3.63) is 0 Å². The molecule has 0 heterocycles. The lowest BCUT2D eigenvalue weighted by Gasteiger charge is -2.24. The summed E-state index contributed by atoms with van der Waals surface area (Å²) in [6.45, 7) is 5.35. The molecule has 1 unspecified atom stereocenters. The Morgan fingerprint density at radius 1 is 1.24 bits per heavy atom. The molecule has 1 N–H and O–H groups in total. The normalized spacial score (nSPS) is 18.7. The molecule has 0 radical (unpaired) electrons. The highest BCUT2D eigenvalue weighted by atomic mass is 16.5. The Labute approximate surface area is 108 Å². The van der Waals surface area contributed by atoms with Crippen molar-refractivity contribution < 1.29 is 4.74 Å². The van der Waals surface area contributed by atoms with Gasteiger partial charge in [-0.05, 0) is 24.8 Å². The van der Waals surface area contributed by atoms with Gasteiger partial charge in [0.05, 0.1) is 6.61 Å². The summed E-state index contributed by atoms with van der Waals surface area (Å²) < 4.78 is 5.09. The highest BCUT2D eigenvalue weighted by Crippen LogP contribution is 2.33. The summed E-state index contributed by atoms with van der Waals surface area (Å²) in [5.74, 6) is 1.92. The van der Waals surface area contributed by atoms with Crippen LogP contribution in [0, 0.1) is 11.8 Å². The number of hydrogen-bond acceptors (Lipinski definition) is 2. The van der Waals surface area contributed by atoms with Crippen LogP contribution in [0.25, 0.3) is 0 Å². The van der Waals surface area contributed by atoms with E-state index in [0.717, 1.165) is 25.0 Å². The standard InChI is InChI=1S/C15H31NO/c1-3-4-5-10-15(13-16-11-12-17-2)14-8-6-7-9-14/h14-16H,3-13H2,1-2H3. The van der Waals surface area contributed by atoms with Crippen LogP contribution in [0.5, 0.6) is 0 Å². The predicted molar refractivity (Wildman–Crippen MR) is 74.3 cm³/mol. The van der Waals surface area contributed by atoms with Gasteiger partial charge in [0.15, 0.2) is 0 Å². The molecular formula is C15H31NO. The molecule has 1 atom stereocenters. The van der Waals surface area contributed by atoms with Gasteiger partial charge in [-0.15, -0.1) is 0 Å². The van der Waals surface area contributed by atoms with Crippen LogP contribution in [0.2, 0.25) is 0 Å². The smallest absolute Gasteiger partial charge is 0.0587 e. The van der Waals surface area contributed by atoms with E-state index in [1.165, 1.54) is 57.9 Å². The summed E-state index contributed by atoms with van der Waals surface area (Å²) in [5.41, 5.74) is 0. The third-order valence-electron chi connectivity index (χ3n) is 4.13. The highest BCUT2D eigenvalue weighted by molar-refractivity contribution is 4.77. The minimum atomic E-state index is 0.840. The van der Waals surface area contributed by atoms with E-state index in [4.69, 9.17) is 4.74 Å². The van der Waals surface area contributed by atoms with Crippen LogP contribution in [0.15, 0.2) is 0 Å². The van der Waals surface area contributed by atoms with Crippen LogP contribution in [0.3, 0.4) is 0 Å². The Balaban J connectivity index is 2.20. The van der Waals surface area contributed by atoms with Crippen LogP contribution in [0.1, 0.15) is 58.3 Å². The summed E-state index contributed by atoms with van der Waals surface area (Å²) >= 11 is 0. The van der Waals surface area contributed by atoms with Crippen LogP contribution >= 0.6 is 0 Å². The molecule has 0 spiro atoms. The zero-order chi connectivity index (χ0) is 12.3. The fourth-order valence-electron chi connectivity index (χ4n) is 3.05. The predicted octanol–water partition coefficient (Wildman–Crippen LogP) is 3.61. The number of methoxy groups -OCH3 is 1. The zero-order valence-electron chi connectivity index (χ0n) is 11.8. The van der Waals surface area contributed by atoms with E-state index in [2.05, 4.69) is 12.2 Å². The van der Waals surface area contributed by atoms with Crippen molar-refractivity contribution in [1.29, 1.82) is 0 Å². The Hall–Kier alpha value is -0.0800. The number of nitrogens with one attached hydrogen (secondary N) is 1. The van der Waals surface area contributed by atoms with Gasteiger partial charge < -0.3 is 10.1 Å². The fraction of sp³-hybridized carbons (Fsp3) is 1.00. The van der Waals surface area contributed by atoms with Gasteiger partial charge in [0.25, 0.3) is 0 Å². The van der Waals surface area contributed by atoms with Gasteiger partial charge in [-0.3, -0.25) is 0 Å². The average Bonchev–Trinajstić information content (AvgIpc) is 2.86. The monoisotopic (exact) mass is 241 g/mol. The maximum absolute atomic E-state index is 5.09. The molecule has 0 aromatic rings. The topological polar surface area (TPSA) is 21.3 Å². The van der Waals surface area contributed by atoms with E-state index in [9.17, 15) is 0 Å². The molecule has 0 amide bonds. The number of hydrogen-bond donors (Lipinski definition) is 1. The first-order valence-electron chi connectivity index (χ1n) is 7.58. The van der Waals surface area contributed by atoms with Gasteiger partial charge >= 0.3 is 0 Å². The summed E-state index contributed by atoms with van der Waals surface area (Å²) in [7, 11) is 1.78. The second-order valence-corrected chi connectivity index (χ2v) is 5.50. The van der Waals surface area contributed by atoms with E-state index < -0.39 is 0 Å². The fourth-order valence-corrected chi connectivity index (χ4v) is 3.05. The van der Waals surface area contributed by atoms with Gasteiger partial charge in [0.1, 0.15) is 0 Å². The van der Waals surface area contributed by atoms with Crippen molar-refractivity contribution >= 4 is 0 Å². The Bertz CT molecular complexity index is 166. The Morgan fingerprint density at radius 3 is 2.65 bits per heavy atom. The van der Waals surface area contributed by atoms with E-state index >= 15 is 0 Å². The van der Waals surface area contributed by atoms with Gasteiger partial charge in [-0.2, -0.15) is 0 Å². The van der Waals surface area contributed by atoms with Crippen LogP contribution in [-0.4, -0.2) is 26.8 Å². The van der Waals surface area contributed by atoms with Crippen molar-refractivity contribution in [2.45, 2.75) is 58.3 Å². The van der Waals surface area contributed by atoms with E-state index in [0.29, 0.717) is 0 Å². The second kappa shape index (κ2) is 9.90. The first-order valence-corrected chi connectivity index (χ1v) is 7.58. The summed E-state index contributed by atoms with van der Waals surface area (Å²) in [6, 6.07) is 0. The number of ether oxygens (including phenoxy) is 1. The Kier molecular flexibility index (Phi) is 8.72. The number of unbranched alkanes of at least 4 members (excludes halogenated alkanes) is 2. The minimum Gasteiger partial charge on any atom is -0.383 e. The second-order valence-electron chi connectivity index (χ2n) is 5.50. The molecule has 0 aliphatic heterocycles.